The van der Waals surface area contributed by atoms with E-state index >= 15 is 0 Å². The van der Waals surface area contributed by atoms with Gasteiger partial charge in [-0.3, -0.25) is 0 Å². The number of fused-ring (bicyclic) bond motifs is 1. The summed E-state index contributed by atoms with van der Waals surface area (Å²) in [4.78, 5) is 22.0. The summed E-state index contributed by atoms with van der Waals surface area (Å²) < 4.78 is 19.0. The molecule has 2 aromatic heterocycles. The number of hydrogen-bond acceptors (Lipinski definition) is 4. The number of hydrogen-bond donors (Lipinski definition) is 2. The highest BCUT2D eigenvalue weighted by Gasteiger charge is 2.23. The molecule has 1 atom stereocenters. The van der Waals surface area contributed by atoms with Gasteiger partial charge in [-0.2, -0.15) is 11.3 Å². The topological polar surface area (TPSA) is 70.2 Å². The monoisotopic (exact) mass is 388 g/mol. The lowest BCUT2D eigenvalue weighted by atomic mass is 10.2. The molecule has 0 spiro atoms. The Kier molecular flexibility index (Phi) is 5.35. The van der Waals surface area contributed by atoms with Crippen LogP contribution in [-0.2, 0) is 17.8 Å². The summed E-state index contributed by atoms with van der Waals surface area (Å²) in [5, 5.41) is 6.96. The summed E-state index contributed by atoms with van der Waals surface area (Å²) >= 11 is 1.61. The summed E-state index contributed by atoms with van der Waals surface area (Å²) in [5.41, 5.74) is 2.40. The average molecular weight is 388 g/mol. The van der Waals surface area contributed by atoms with Crippen LogP contribution in [0.4, 0.5) is 9.18 Å². The number of rotatable bonds is 6. The van der Waals surface area contributed by atoms with Crippen LogP contribution < -0.4 is 5.32 Å². The van der Waals surface area contributed by atoms with Gasteiger partial charge in [-0.1, -0.05) is 0 Å². The van der Waals surface area contributed by atoms with Crippen molar-refractivity contribution >= 4 is 28.4 Å². The van der Waals surface area contributed by atoms with Crippen LogP contribution in [0.2, 0.25) is 0 Å². The van der Waals surface area contributed by atoms with Crippen molar-refractivity contribution in [2.24, 2.45) is 0 Å². The number of imidazole rings is 1. The maximum Gasteiger partial charge on any atom is 0.318 e. The third-order valence-corrected chi connectivity index (χ3v) is 5.32. The van der Waals surface area contributed by atoms with Crippen LogP contribution in [0.15, 0.2) is 35.0 Å². The molecule has 2 N–H and O–H groups in total. The van der Waals surface area contributed by atoms with Gasteiger partial charge in [-0.25, -0.2) is 14.2 Å². The van der Waals surface area contributed by atoms with Crippen LogP contribution in [0.5, 0.6) is 0 Å². The predicted molar refractivity (Wildman–Crippen MR) is 102 cm³/mol. The van der Waals surface area contributed by atoms with Crippen molar-refractivity contribution in [1.29, 1.82) is 0 Å². The summed E-state index contributed by atoms with van der Waals surface area (Å²) in [7, 11) is 0. The molecule has 3 aromatic rings. The van der Waals surface area contributed by atoms with Gasteiger partial charge in [-0.05, 0) is 53.4 Å². The van der Waals surface area contributed by atoms with Crippen LogP contribution in [0.3, 0.4) is 0 Å². The number of aromatic amines is 1. The van der Waals surface area contributed by atoms with E-state index in [2.05, 4.69) is 15.3 Å². The van der Waals surface area contributed by atoms with Gasteiger partial charge in [0.15, 0.2) is 0 Å². The van der Waals surface area contributed by atoms with E-state index in [0.717, 1.165) is 25.0 Å². The maximum atomic E-state index is 13.3. The Labute approximate surface area is 160 Å². The van der Waals surface area contributed by atoms with Gasteiger partial charge in [0.05, 0.1) is 23.7 Å². The molecule has 1 aromatic carbocycles. The number of nitrogens with one attached hydrogen (secondary N) is 2. The lowest BCUT2D eigenvalue weighted by molar-refractivity contribution is 0.0794. The Morgan fingerprint density at radius 3 is 3.15 bits per heavy atom. The van der Waals surface area contributed by atoms with Crippen molar-refractivity contribution in [3.8, 4) is 0 Å². The zero-order valence-electron chi connectivity index (χ0n) is 14.8. The molecule has 1 aliphatic heterocycles. The molecule has 0 saturated carbocycles. The molecule has 0 unspecified atom stereocenters. The minimum atomic E-state index is -0.319. The molecule has 1 fully saturated rings. The van der Waals surface area contributed by atoms with E-state index in [1.807, 2.05) is 16.8 Å². The fraction of sp³-hybridized carbons (Fsp3) is 0.368. The molecule has 142 valence electrons. The standard InChI is InChI=1S/C19H21FN4O2S/c20-14-3-4-16-17(8-14)23-18(22-16)9-21-19(25)24(10-13-5-7-27-12-13)11-15-2-1-6-26-15/h3-5,7-8,12,15H,1-2,6,9-11H2,(H,21,25)(H,22,23)/t15-/m0/s1. The summed E-state index contributed by atoms with van der Waals surface area (Å²) in [6.45, 7) is 2.11. The first kappa shape index (κ1) is 17.9. The quantitative estimate of drug-likeness (QED) is 0.677. The molecule has 1 aliphatic rings. The molecule has 27 heavy (non-hydrogen) atoms. The Morgan fingerprint density at radius 1 is 1.44 bits per heavy atom. The average Bonchev–Trinajstić information content (AvgIpc) is 3.40. The maximum absolute atomic E-state index is 13.3. The van der Waals surface area contributed by atoms with E-state index in [1.54, 1.807) is 22.3 Å². The van der Waals surface area contributed by atoms with Crippen molar-refractivity contribution in [3.05, 3.63) is 52.2 Å². The number of thiophene rings is 1. The van der Waals surface area contributed by atoms with E-state index in [-0.39, 0.29) is 24.5 Å². The second kappa shape index (κ2) is 8.06. The molecule has 2 amide bonds. The Hall–Kier alpha value is -2.45. The molecular weight excluding hydrogens is 367 g/mol. The fourth-order valence-electron chi connectivity index (χ4n) is 3.25. The number of urea groups is 1. The van der Waals surface area contributed by atoms with Crippen molar-refractivity contribution in [2.75, 3.05) is 13.2 Å². The van der Waals surface area contributed by atoms with Crippen molar-refractivity contribution in [1.82, 2.24) is 20.2 Å². The van der Waals surface area contributed by atoms with Crippen molar-refractivity contribution < 1.29 is 13.9 Å². The third-order valence-electron chi connectivity index (χ3n) is 4.59. The first-order chi connectivity index (χ1) is 13.2. The molecule has 0 bridgehead atoms. The number of ether oxygens (including phenoxy) is 1. The number of nitrogens with zero attached hydrogens (tertiary/aromatic N) is 2. The second-order valence-electron chi connectivity index (χ2n) is 6.65. The minimum absolute atomic E-state index is 0.0866. The second-order valence-corrected chi connectivity index (χ2v) is 7.43. The lowest BCUT2D eigenvalue weighted by Gasteiger charge is -2.25. The van der Waals surface area contributed by atoms with E-state index in [4.69, 9.17) is 4.74 Å². The number of amides is 2. The highest BCUT2D eigenvalue weighted by molar-refractivity contribution is 7.07. The number of H-pyrrole nitrogens is 1. The molecule has 1 saturated heterocycles. The van der Waals surface area contributed by atoms with Gasteiger partial charge in [-0.15, -0.1) is 0 Å². The highest BCUT2D eigenvalue weighted by atomic mass is 32.1. The van der Waals surface area contributed by atoms with Crippen LogP contribution in [-0.4, -0.2) is 40.2 Å². The van der Waals surface area contributed by atoms with Gasteiger partial charge < -0.3 is 19.9 Å². The number of aromatic nitrogens is 2. The van der Waals surface area contributed by atoms with Crippen LogP contribution in [0, 0.1) is 5.82 Å². The fourth-order valence-corrected chi connectivity index (χ4v) is 3.91. The number of carbonyl (C=O) groups is 1. The minimum Gasteiger partial charge on any atom is -0.376 e. The number of benzene rings is 1. The summed E-state index contributed by atoms with van der Waals surface area (Å²) in [6, 6.07) is 6.24. The van der Waals surface area contributed by atoms with E-state index in [9.17, 15) is 9.18 Å². The van der Waals surface area contributed by atoms with Crippen LogP contribution in [0.25, 0.3) is 11.0 Å². The molecule has 0 radical (unpaired) electrons. The van der Waals surface area contributed by atoms with Crippen molar-refractivity contribution in [3.63, 3.8) is 0 Å². The Morgan fingerprint density at radius 2 is 2.37 bits per heavy atom. The zero-order chi connectivity index (χ0) is 18.6. The molecule has 0 aliphatic carbocycles. The third kappa shape index (κ3) is 4.45. The van der Waals surface area contributed by atoms with Crippen LogP contribution in [0.1, 0.15) is 24.2 Å². The van der Waals surface area contributed by atoms with Gasteiger partial charge in [0.25, 0.3) is 0 Å². The summed E-state index contributed by atoms with van der Waals surface area (Å²) in [6.07, 6.45) is 2.10. The van der Waals surface area contributed by atoms with Gasteiger partial charge in [0.2, 0.25) is 0 Å². The number of carbonyl (C=O) groups excluding carboxylic acids is 1. The zero-order valence-corrected chi connectivity index (χ0v) is 15.6. The Bertz CT molecular complexity index is 906. The normalized spacial score (nSPS) is 16.7. The van der Waals surface area contributed by atoms with Gasteiger partial charge in [0, 0.05) is 19.7 Å². The molecular formula is C19H21FN4O2S. The van der Waals surface area contributed by atoms with Gasteiger partial charge in [0.1, 0.15) is 11.6 Å². The Balaban J connectivity index is 1.41. The molecule has 3 heterocycles. The number of halogens is 1. The van der Waals surface area contributed by atoms with Crippen molar-refractivity contribution in [2.45, 2.75) is 32.0 Å². The SMILES string of the molecule is O=C(NCc1nc2ccc(F)cc2[nH]1)N(Cc1ccsc1)C[C@@H]1CCCO1. The van der Waals surface area contributed by atoms with Crippen LogP contribution >= 0.6 is 11.3 Å². The first-order valence-corrected chi connectivity index (χ1v) is 9.91. The first-order valence-electron chi connectivity index (χ1n) is 8.97. The highest BCUT2D eigenvalue weighted by Crippen LogP contribution is 2.17. The van der Waals surface area contributed by atoms with E-state index in [1.165, 1.54) is 12.1 Å². The summed E-state index contributed by atoms with van der Waals surface area (Å²) in [5.74, 6) is 0.275. The van der Waals surface area contributed by atoms with Gasteiger partial charge >= 0.3 is 6.03 Å². The predicted octanol–water partition coefficient (Wildman–Crippen LogP) is 3.65. The smallest absolute Gasteiger partial charge is 0.318 e. The largest absolute Gasteiger partial charge is 0.376 e. The van der Waals surface area contributed by atoms with E-state index < -0.39 is 0 Å². The molecule has 8 heteroatoms. The van der Waals surface area contributed by atoms with E-state index in [0.29, 0.717) is 29.9 Å². The lowest BCUT2D eigenvalue weighted by Crippen LogP contribution is -2.43. The molecule has 6 nitrogen and oxygen atoms in total. The molecule has 4 rings (SSSR count).